The number of thiol groups is 1. The van der Waals surface area contributed by atoms with Crippen molar-refractivity contribution in [3.05, 3.63) is 21.1 Å². The molecule has 2 rings (SSSR count). The van der Waals surface area contributed by atoms with Gasteiger partial charge in [-0.1, -0.05) is 0 Å². The average molecular weight is 311 g/mol. The molecule has 2 heterocycles. The number of aryl methyl sites for hydroxylation is 2. The van der Waals surface area contributed by atoms with Gasteiger partial charge < -0.3 is 9.31 Å². The highest BCUT2D eigenvalue weighted by molar-refractivity contribution is 7.80. The van der Waals surface area contributed by atoms with Crippen molar-refractivity contribution in [2.75, 3.05) is 5.75 Å². The van der Waals surface area contributed by atoms with Gasteiger partial charge in [-0.05, 0) is 53.1 Å². The van der Waals surface area contributed by atoms with Gasteiger partial charge in [0.1, 0.15) is 0 Å². The van der Waals surface area contributed by atoms with Crippen LogP contribution in [0, 0.1) is 13.8 Å². The van der Waals surface area contributed by atoms with Crippen LogP contribution in [0.2, 0.25) is 0 Å². The van der Waals surface area contributed by atoms with E-state index in [1.165, 1.54) is 0 Å². The summed E-state index contributed by atoms with van der Waals surface area (Å²) < 4.78 is 12.2. The molecular weight excluding hydrogens is 289 g/mol. The summed E-state index contributed by atoms with van der Waals surface area (Å²) in [7, 11) is -0.334. The van der Waals surface area contributed by atoms with Crippen molar-refractivity contribution < 1.29 is 9.31 Å². The van der Waals surface area contributed by atoms with E-state index in [4.69, 9.17) is 9.31 Å². The van der Waals surface area contributed by atoms with Crippen molar-refractivity contribution in [2.45, 2.75) is 52.7 Å². The maximum atomic E-state index is 6.08. The van der Waals surface area contributed by atoms with E-state index in [9.17, 15) is 0 Å². The summed E-state index contributed by atoms with van der Waals surface area (Å²) in [4.78, 5) is 5.60. The minimum atomic E-state index is -0.334. The second kappa shape index (κ2) is 5.48. The molecule has 1 aromatic heterocycles. The van der Waals surface area contributed by atoms with Gasteiger partial charge in [-0.3, -0.25) is 0 Å². The minimum absolute atomic E-state index is 0.321. The third-order valence-corrected chi connectivity index (χ3v) is 5.38. The first-order chi connectivity index (χ1) is 9.16. The third kappa shape index (κ3) is 2.98. The molecule has 0 unspecified atom stereocenters. The van der Waals surface area contributed by atoms with Gasteiger partial charge in [-0.2, -0.15) is 12.6 Å². The maximum Gasteiger partial charge on any atom is 0.491 e. The Hall–Kier alpha value is -0.295. The monoisotopic (exact) mass is 311 g/mol. The smallest absolute Gasteiger partial charge is 0.400 e. The summed E-state index contributed by atoms with van der Waals surface area (Å²) in [5.41, 5.74) is 1.44. The van der Waals surface area contributed by atoms with E-state index in [1.54, 1.807) is 11.3 Å². The fourth-order valence-corrected chi connectivity index (χ4v) is 3.18. The molecule has 0 saturated carbocycles. The number of aromatic nitrogens is 1. The second-order valence-corrected chi connectivity index (χ2v) is 7.70. The molecule has 1 aliphatic rings. The van der Waals surface area contributed by atoms with Gasteiger partial charge in [0.05, 0.1) is 21.9 Å². The van der Waals surface area contributed by atoms with Crippen molar-refractivity contribution >= 4 is 37.2 Å². The van der Waals surface area contributed by atoms with E-state index in [-0.39, 0.29) is 18.3 Å². The summed E-state index contributed by atoms with van der Waals surface area (Å²) in [6, 6.07) is 0. The standard InChI is InChI=1S/C14H22BNO2S2/c1-9-12(20-10(2)16-9)7-11(8-19)15-17-13(3,4)14(5,6)18-15/h7,19H,8H2,1-6H3. The van der Waals surface area contributed by atoms with Gasteiger partial charge in [0.2, 0.25) is 0 Å². The van der Waals surface area contributed by atoms with E-state index < -0.39 is 0 Å². The molecular formula is C14H22BNO2S2. The summed E-state index contributed by atoms with van der Waals surface area (Å²) in [6.07, 6.45) is 2.11. The Morgan fingerprint density at radius 2 is 1.80 bits per heavy atom. The molecule has 0 amide bonds. The summed E-state index contributed by atoms with van der Waals surface area (Å²) >= 11 is 6.12. The van der Waals surface area contributed by atoms with Crippen LogP contribution in [0.25, 0.3) is 6.08 Å². The first-order valence-electron chi connectivity index (χ1n) is 6.77. The van der Waals surface area contributed by atoms with Gasteiger partial charge in [0.25, 0.3) is 0 Å². The Balaban J connectivity index is 2.29. The van der Waals surface area contributed by atoms with Crippen LogP contribution in [-0.4, -0.2) is 29.1 Å². The Bertz CT molecular complexity index is 521. The molecule has 1 fully saturated rings. The van der Waals surface area contributed by atoms with Crippen molar-refractivity contribution in [3.63, 3.8) is 0 Å². The van der Waals surface area contributed by atoms with E-state index in [0.717, 1.165) is 21.1 Å². The lowest BCUT2D eigenvalue weighted by atomic mass is 9.79. The molecule has 0 aromatic carbocycles. The zero-order valence-electron chi connectivity index (χ0n) is 13.0. The van der Waals surface area contributed by atoms with Crippen molar-refractivity contribution in [1.29, 1.82) is 0 Å². The lowest BCUT2D eigenvalue weighted by molar-refractivity contribution is 0.00578. The van der Waals surface area contributed by atoms with Crippen LogP contribution in [0.3, 0.4) is 0 Å². The molecule has 0 N–H and O–H groups in total. The summed E-state index contributed by atoms with van der Waals surface area (Å²) in [5.74, 6) is 0.604. The van der Waals surface area contributed by atoms with Gasteiger partial charge in [0.15, 0.2) is 0 Å². The van der Waals surface area contributed by atoms with Crippen LogP contribution < -0.4 is 0 Å². The Morgan fingerprint density at radius 3 is 2.20 bits per heavy atom. The molecule has 110 valence electrons. The van der Waals surface area contributed by atoms with E-state index in [2.05, 4.69) is 51.4 Å². The van der Waals surface area contributed by atoms with Crippen LogP contribution in [0.4, 0.5) is 0 Å². The molecule has 0 bridgehead atoms. The summed E-state index contributed by atoms with van der Waals surface area (Å²) in [5, 5.41) is 1.07. The summed E-state index contributed by atoms with van der Waals surface area (Å²) in [6.45, 7) is 12.3. The fourth-order valence-electron chi connectivity index (χ4n) is 2.03. The number of nitrogens with zero attached hydrogens (tertiary/aromatic N) is 1. The van der Waals surface area contributed by atoms with Gasteiger partial charge in [-0.15, -0.1) is 11.3 Å². The van der Waals surface area contributed by atoms with Crippen LogP contribution in [0.1, 0.15) is 43.3 Å². The highest BCUT2D eigenvalue weighted by Crippen LogP contribution is 2.39. The maximum absolute atomic E-state index is 6.08. The van der Waals surface area contributed by atoms with E-state index in [1.807, 2.05) is 13.8 Å². The molecule has 3 nitrogen and oxygen atoms in total. The molecule has 0 spiro atoms. The average Bonchev–Trinajstić information content (AvgIpc) is 2.72. The van der Waals surface area contributed by atoms with E-state index in [0.29, 0.717) is 5.75 Å². The first-order valence-corrected chi connectivity index (χ1v) is 8.22. The molecule has 1 aliphatic heterocycles. The highest BCUT2D eigenvalue weighted by atomic mass is 32.1. The van der Waals surface area contributed by atoms with E-state index >= 15 is 0 Å². The molecule has 20 heavy (non-hydrogen) atoms. The van der Waals surface area contributed by atoms with Crippen LogP contribution in [0.5, 0.6) is 0 Å². The topological polar surface area (TPSA) is 31.4 Å². The molecule has 0 radical (unpaired) electrons. The SMILES string of the molecule is Cc1nc(C)c(C=C(CS)B2OC(C)(C)C(C)(C)O2)s1. The van der Waals surface area contributed by atoms with Gasteiger partial charge in [0, 0.05) is 10.6 Å². The van der Waals surface area contributed by atoms with Crippen molar-refractivity contribution in [1.82, 2.24) is 4.98 Å². The molecule has 0 aliphatic carbocycles. The number of hydrogen-bond donors (Lipinski definition) is 1. The molecule has 0 atom stereocenters. The normalized spacial score (nSPS) is 21.6. The lowest BCUT2D eigenvalue weighted by Crippen LogP contribution is -2.41. The Kier molecular flexibility index (Phi) is 4.41. The Labute approximate surface area is 131 Å². The predicted molar refractivity (Wildman–Crippen MR) is 89.5 cm³/mol. The first kappa shape index (κ1) is 16.1. The lowest BCUT2D eigenvalue weighted by Gasteiger charge is -2.32. The van der Waals surface area contributed by atoms with Crippen molar-refractivity contribution in [3.8, 4) is 0 Å². The van der Waals surface area contributed by atoms with Gasteiger partial charge in [-0.25, -0.2) is 4.98 Å². The number of thiazole rings is 1. The largest absolute Gasteiger partial charge is 0.491 e. The molecule has 1 saturated heterocycles. The zero-order chi connectivity index (χ0) is 15.1. The highest BCUT2D eigenvalue weighted by Gasteiger charge is 2.52. The van der Waals surface area contributed by atoms with Gasteiger partial charge >= 0.3 is 7.12 Å². The minimum Gasteiger partial charge on any atom is -0.400 e. The molecule has 1 aromatic rings. The van der Waals surface area contributed by atoms with Crippen LogP contribution in [0.15, 0.2) is 5.47 Å². The number of rotatable bonds is 3. The molecule has 6 heteroatoms. The third-order valence-electron chi connectivity index (χ3n) is 3.99. The predicted octanol–water partition coefficient (Wildman–Crippen LogP) is 3.70. The Morgan fingerprint density at radius 1 is 1.25 bits per heavy atom. The van der Waals surface area contributed by atoms with Crippen LogP contribution >= 0.6 is 24.0 Å². The quantitative estimate of drug-likeness (QED) is 0.682. The van der Waals surface area contributed by atoms with Crippen molar-refractivity contribution in [2.24, 2.45) is 0 Å². The number of hydrogen-bond acceptors (Lipinski definition) is 5. The second-order valence-electron chi connectivity index (χ2n) is 6.15. The van der Waals surface area contributed by atoms with Crippen LogP contribution in [-0.2, 0) is 9.31 Å². The zero-order valence-corrected chi connectivity index (χ0v) is 14.7. The fraction of sp³-hybridized carbons (Fsp3) is 0.643.